The lowest BCUT2D eigenvalue weighted by Crippen LogP contribution is -2.12. The summed E-state index contributed by atoms with van der Waals surface area (Å²) in [5, 5.41) is 10.9. The quantitative estimate of drug-likeness (QED) is 0.120. The molecule has 0 aliphatic heterocycles. The molecular weight excluding hydrogens is 822 g/mol. The van der Waals surface area contributed by atoms with E-state index in [1.165, 1.54) is 0 Å². The molecule has 4 N–H and O–H groups in total. The average Bonchev–Trinajstić information content (AvgIpc) is 3.87. The fraction of sp³-hybridized carbons (Fsp3) is 0.122. The molecule has 0 fully saturated rings. The first-order chi connectivity index (χ1) is 27.8. The van der Waals surface area contributed by atoms with Crippen LogP contribution < -0.4 is 21.8 Å². The number of anilines is 4. The second kappa shape index (κ2) is 15.0. The third kappa shape index (κ3) is 6.45. The first kappa shape index (κ1) is 38.7. The summed E-state index contributed by atoms with van der Waals surface area (Å²) in [7, 11) is 5.54. The molecule has 0 bridgehead atoms. The number of benzene rings is 4. The molecule has 9 aromatic rings. The molecule has 4 aromatic carbocycles. The maximum atomic E-state index is 13.2. The predicted octanol–water partition coefficient (Wildman–Crippen LogP) is 9.76. The van der Waals surface area contributed by atoms with Crippen molar-refractivity contribution in [3.8, 4) is 11.4 Å². The zero-order valence-corrected chi connectivity index (χ0v) is 34.4. The fourth-order valence-corrected chi connectivity index (χ4v) is 8.16. The van der Waals surface area contributed by atoms with Gasteiger partial charge in [0.2, 0.25) is 11.9 Å². The Balaban J connectivity index is 0.000000164. The summed E-state index contributed by atoms with van der Waals surface area (Å²) in [6, 6.07) is 17.9. The van der Waals surface area contributed by atoms with E-state index in [0.717, 1.165) is 27.9 Å². The smallest absolute Gasteiger partial charge is 0.258 e. The number of H-pyrrole nitrogens is 2. The van der Waals surface area contributed by atoms with Crippen LogP contribution in [0.1, 0.15) is 21.6 Å². The highest BCUT2D eigenvalue weighted by Gasteiger charge is 2.20. The number of hydrogen-bond donors (Lipinski definition) is 4. The molecule has 17 heteroatoms. The lowest BCUT2D eigenvalue weighted by molar-refractivity contribution is 0.111. The van der Waals surface area contributed by atoms with Crippen molar-refractivity contribution in [3.63, 3.8) is 0 Å². The van der Waals surface area contributed by atoms with E-state index in [-0.39, 0.29) is 16.8 Å². The van der Waals surface area contributed by atoms with Gasteiger partial charge in [0, 0.05) is 21.1 Å². The minimum Gasteiger partial charge on any atom is -0.333 e. The van der Waals surface area contributed by atoms with Gasteiger partial charge in [-0.3, -0.25) is 14.4 Å². The second-order valence-electron chi connectivity index (χ2n) is 13.6. The lowest BCUT2D eigenvalue weighted by Gasteiger charge is -2.12. The van der Waals surface area contributed by atoms with Crippen molar-refractivity contribution in [2.24, 2.45) is 21.1 Å². The maximum Gasteiger partial charge on any atom is 0.258 e. The van der Waals surface area contributed by atoms with Gasteiger partial charge in [-0.1, -0.05) is 70.7 Å². The van der Waals surface area contributed by atoms with Crippen molar-refractivity contribution in [1.29, 1.82) is 0 Å². The van der Waals surface area contributed by atoms with E-state index in [1.807, 2.05) is 48.4 Å². The van der Waals surface area contributed by atoms with Crippen molar-refractivity contribution in [2.75, 3.05) is 10.6 Å². The highest BCUT2D eigenvalue weighted by molar-refractivity contribution is 6.40. The number of carbonyl (C=O) groups excluding carboxylic acids is 1. The molecule has 9 rings (SSSR count). The molecule has 5 aromatic heterocycles. The molecule has 0 aliphatic rings. The van der Waals surface area contributed by atoms with Gasteiger partial charge in [0.15, 0.2) is 6.29 Å². The van der Waals surface area contributed by atoms with Crippen molar-refractivity contribution >= 4 is 120 Å². The number of nitrogens with one attached hydrogen (secondary N) is 4. The van der Waals surface area contributed by atoms with Crippen LogP contribution in [0.2, 0.25) is 20.1 Å². The fourth-order valence-electron chi connectivity index (χ4n) is 7.18. The Bertz CT molecular complexity index is 3230. The SMILES string of the molecule is Cc1c(-c2cncn2C)[nH]c(=O)c2c1ccc1nc(Nc3c(Cl)cccc3Cl)n(C)c12.Cc1c(C=O)[nH]c(=O)c2c1ccc1nc(Nc3c(Cl)cccc3Cl)n(C)c12. The monoisotopic (exact) mass is 852 g/mol. The number of aromatic amines is 2. The van der Waals surface area contributed by atoms with Gasteiger partial charge in [-0.2, -0.15) is 0 Å². The number of rotatable bonds is 6. The molecule has 0 saturated carbocycles. The van der Waals surface area contributed by atoms with Crippen molar-refractivity contribution < 1.29 is 4.79 Å². The van der Waals surface area contributed by atoms with Crippen LogP contribution in [0.3, 0.4) is 0 Å². The third-order valence-electron chi connectivity index (χ3n) is 10.2. The maximum absolute atomic E-state index is 13.2. The second-order valence-corrected chi connectivity index (χ2v) is 15.2. The number of hydrogen-bond acceptors (Lipinski definition) is 8. The van der Waals surface area contributed by atoms with Crippen LogP contribution in [0.5, 0.6) is 0 Å². The summed E-state index contributed by atoms with van der Waals surface area (Å²) >= 11 is 25.1. The van der Waals surface area contributed by atoms with Crippen LogP contribution in [0.4, 0.5) is 23.3 Å². The highest BCUT2D eigenvalue weighted by Crippen LogP contribution is 2.37. The Labute approximate surface area is 349 Å². The molecule has 0 aliphatic carbocycles. The highest BCUT2D eigenvalue weighted by atomic mass is 35.5. The summed E-state index contributed by atoms with van der Waals surface area (Å²) in [6.45, 7) is 3.79. The molecule has 0 spiro atoms. The third-order valence-corrected chi connectivity index (χ3v) is 11.4. The number of aryl methyl sites for hydroxylation is 5. The van der Waals surface area contributed by atoms with Gasteiger partial charge >= 0.3 is 0 Å². The molecule has 292 valence electrons. The molecule has 0 amide bonds. The number of para-hydroxylation sites is 2. The van der Waals surface area contributed by atoms with E-state index in [9.17, 15) is 14.4 Å². The number of pyridine rings is 2. The number of nitrogens with zero attached hydrogens (tertiary/aromatic N) is 6. The number of imidazole rings is 3. The predicted molar refractivity (Wildman–Crippen MR) is 234 cm³/mol. The topological polar surface area (TPSA) is 160 Å². The van der Waals surface area contributed by atoms with E-state index in [2.05, 4.69) is 35.6 Å². The minimum atomic E-state index is -0.339. The first-order valence-electron chi connectivity index (χ1n) is 17.7. The van der Waals surface area contributed by atoms with E-state index >= 15 is 0 Å². The number of fused-ring (bicyclic) bond motifs is 6. The van der Waals surface area contributed by atoms with E-state index in [1.54, 1.807) is 73.5 Å². The Morgan fingerprint density at radius 1 is 0.655 bits per heavy atom. The van der Waals surface area contributed by atoms with Crippen LogP contribution in [0, 0.1) is 13.8 Å². The molecule has 13 nitrogen and oxygen atoms in total. The van der Waals surface area contributed by atoms with Crippen molar-refractivity contribution in [3.05, 3.63) is 131 Å². The van der Waals surface area contributed by atoms with Gasteiger partial charge in [-0.15, -0.1) is 0 Å². The van der Waals surface area contributed by atoms with Crippen LogP contribution in [0.25, 0.3) is 55.0 Å². The van der Waals surface area contributed by atoms with Gasteiger partial charge in [0.25, 0.3) is 11.1 Å². The Morgan fingerprint density at radius 2 is 1.12 bits per heavy atom. The van der Waals surface area contributed by atoms with Crippen molar-refractivity contribution in [1.82, 2.24) is 38.6 Å². The molecule has 5 heterocycles. The van der Waals surface area contributed by atoms with Gasteiger partial charge in [-0.25, -0.2) is 15.0 Å². The molecule has 0 unspecified atom stereocenters. The van der Waals surface area contributed by atoms with E-state index < -0.39 is 0 Å². The Kier molecular flexibility index (Phi) is 10.0. The van der Waals surface area contributed by atoms with E-state index in [4.69, 9.17) is 46.4 Å². The Hall–Kier alpha value is -6.12. The molecule has 0 saturated heterocycles. The van der Waals surface area contributed by atoms with Crippen LogP contribution in [-0.4, -0.2) is 44.9 Å². The van der Waals surface area contributed by atoms with Crippen LogP contribution in [0.15, 0.2) is 82.8 Å². The standard InChI is InChI=1S/C22H18Cl2N6O.C19H14Cl2N4O2/c1-11-12-7-8-15-20(17(12)21(31)27-18(11)16-9-25-10-29(16)2)30(3)22(26-15)28-19-13(23)5-4-6-14(19)24;1-9-10-6-7-13-17(15(10)18(27)22-14(9)8-26)25(2)19(23-13)24-16-11(20)4-3-5-12(16)21/h4-10H,1-3H3,(H,26,28)(H,27,31);3-8H,1-2H3,(H,22,27)(H,23,24). The number of aromatic nitrogens is 8. The summed E-state index contributed by atoms with van der Waals surface area (Å²) in [5.41, 5.74) is 6.83. The largest absolute Gasteiger partial charge is 0.333 e. The molecule has 58 heavy (non-hydrogen) atoms. The van der Waals surface area contributed by atoms with Gasteiger partial charge in [-0.05, 0) is 72.1 Å². The molecule has 0 atom stereocenters. The van der Waals surface area contributed by atoms with Gasteiger partial charge in [0.1, 0.15) is 0 Å². The molecule has 0 radical (unpaired) electrons. The van der Waals surface area contributed by atoms with Crippen LogP contribution in [-0.2, 0) is 21.1 Å². The summed E-state index contributed by atoms with van der Waals surface area (Å²) in [5.74, 6) is 1.02. The number of carbonyl (C=O) groups is 1. The van der Waals surface area contributed by atoms with Crippen LogP contribution >= 0.6 is 46.4 Å². The van der Waals surface area contributed by atoms with E-state index in [0.29, 0.717) is 87.9 Å². The minimum absolute atomic E-state index is 0.187. The zero-order valence-electron chi connectivity index (χ0n) is 31.4. The summed E-state index contributed by atoms with van der Waals surface area (Å²) in [4.78, 5) is 56.1. The zero-order chi connectivity index (χ0) is 41.2. The number of aldehydes is 1. The lowest BCUT2D eigenvalue weighted by atomic mass is 10.0. The van der Waals surface area contributed by atoms with Gasteiger partial charge < -0.3 is 34.3 Å². The van der Waals surface area contributed by atoms with Crippen molar-refractivity contribution in [2.45, 2.75) is 13.8 Å². The number of halogens is 4. The summed E-state index contributed by atoms with van der Waals surface area (Å²) < 4.78 is 5.49. The molecular formula is C41H32Cl4N10O3. The summed E-state index contributed by atoms with van der Waals surface area (Å²) in [6.07, 6.45) is 4.09. The Morgan fingerprint density at radius 3 is 1.57 bits per heavy atom. The normalized spacial score (nSPS) is 11.4. The van der Waals surface area contributed by atoms with Gasteiger partial charge in [0.05, 0.1) is 93.9 Å². The average molecular weight is 855 g/mol. The first-order valence-corrected chi connectivity index (χ1v) is 19.2.